The summed E-state index contributed by atoms with van der Waals surface area (Å²) in [6.07, 6.45) is -20.6. The second-order valence-corrected chi connectivity index (χ2v) is 20.3. The van der Waals surface area contributed by atoms with Crippen LogP contribution in [-0.4, -0.2) is 20.9 Å². The topological polar surface area (TPSA) is 71.0 Å². The summed E-state index contributed by atoms with van der Waals surface area (Å²) in [5, 5.41) is 12.7. The maximum Gasteiger partial charge on any atom is 0.416 e. The molecule has 0 spiro atoms. The van der Waals surface area contributed by atoms with Crippen LogP contribution in [0.25, 0.3) is 99.5 Å². The number of rotatable bonds is 7. The van der Waals surface area contributed by atoms with Crippen molar-refractivity contribution in [2.75, 3.05) is 4.90 Å². The second kappa shape index (κ2) is 19.3. The van der Waals surface area contributed by atoms with Gasteiger partial charge in [0.2, 0.25) is 0 Å². The fourth-order valence-corrected chi connectivity index (χ4v) is 11.6. The first-order valence-corrected chi connectivity index (χ1v) is 25.9. The van der Waals surface area contributed by atoms with Crippen molar-refractivity contribution >= 4 is 61.1 Å². The fraction of sp³-hybridized carbons (Fsp3) is 0.0597. The Morgan fingerprint density at radius 3 is 1.20 bits per heavy atom. The number of halogens is 12. The van der Waals surface area contributed by atoms with Gasteiger partial charge in [-0.15, -0.1) is 0 Å². The summed E-state index contributed by atoms with van der Waals surface area (Å²) in [4.78, 5) is 31.7. The minimum Gasteiger partial charge on any atom is -0.308 e. The summed E-state index contributed by atoms with van der Waals surface area (Å²) < 4.78 is 175. The first-order chi connectivity index (χ1) is 40.5. The number of nitrogens with zero attached hydrogens (tertiary/aromatic N) is 4. The van der Waals surface area contributed by atoms with E-state index in [1.54, 1.807) is 106 Å². The molecule has 0 unspecified atom stereocenters. The Morgan fingerprint density at radius 2 is 0.729 bits per heavy atom. The normalized spacial score (nSPS) is 13.2. The van der Waals surface area contributed by atoms with E-state index in [0.717, 1.165) is 4.90 Å². The van der Waals surface area contributed by atoms with Gasteiger partial charge in [-0.05, 0) is 130 Å². The van der Waals surface area contributed by atoms with Gasteiger partial charge in [0.1, 0.15) is 0 Å². The largest absolute Gasteiger partial charge is 0.416 e. The van der Waals surface area contributed by atoms with Crippen molar-refractivity contribution in [1.29, 1.82) is 5.26 Å². The lowest BCUT2D eigenvalue weighted by molar-refractivity contribution is -0.144. The number of carbonyl (C=O) groups excluding carboxylic acids is 2. The third-order valence-electron chi connectivity index (χ3n) is 15.3. The van der Waals surface area contributed by atoms with E-state index < -0.39 is 58.8 Å². The van der Waals surface area contributed by atoms with E-state index in [4.69, 9.17) is 0 Å². The van der Waals surface area contributed by atoms with Crippen LogP contribution in [0.15, 0.2) is 206 Å². The smallest absolute Gasteiger partial charge is 0.308 e. The first kappa shape index (κ1) is 53.9. The molecule has 2 amide bonds. The molecule has 10 aromatic carbocycles. The number of carbonyl (C=O) groups is 2. The molecular weight excluding hydrogens is 1120 g/mol. The molecule has 0 N–H and O–H groups in total. The van der Waals surface area contributed by atoms with Crippen LogP contribution in [0.2, 0.25) is 0 Å². The van der Waals surface area contributed by atoms with Gasteiger partial charge in [0.15, 0.2) is 0 Å². The Labute approximate surface area is 472 Å². The predicted molar refractivity (Wildman–Crippen MR) is 299 cm³/mol. The number of alkyl halides is 12. The van der Waals surface area contributed by atoms with Crippen LogP contribution in [0, 0.1) is 11.3 Å². The molecule has 0 saturated carbocycles. The third-order valence-corrected chi connectivity index (χ3v) is 15.3. The van der Waals surface area contributed by atoms with Crippen molar-refractivity contribution in [2.24, 2.45) is 0 Å². The summed E-state index contributed by atoms with van der Waals surface area (Å²) >= 11 is 0. The number of benzene rings is 10. The lowest BCUT2D eigenvalue weighted by atomic mass is 9.92. The molecule has 12 aromatic rings. The van der Waals surface area contributed by atoms with Crippen molar-refractivity contribution in [3.05, 3.63) is 245 Å². The lowest BCUT2D eigenvalue weighted by Gasteiger charge is -2.22. The highest BCUT2D eigenvalue weighted by atomic mass is 19.4. The monoisotopic (exact) mass is 1150 g/mol. The summed E-state index contributed by atoms with van der Waals surface area (Å²) in [6.45, 7) is 0. The Hall–Kier alpha value is -10.4. The predicted octanol–water partition coefficient (Wildman–Crippen LogP) is 19.3. The Kier molecular flexibility index (Phi) is 12.3. The highest BCUT2D eigenvalue weighted by Crippen LogP contribution is 2.49. The maximum atomic E-state index is 15.6. The number of nitriles is 1. The second-order valence-electron chi connectivity index (χ2n) is 20.3. The van der Waals surface area contributed by atoms with Crippen LogP contribution in [0.1, 0.15) is 48.5 Å². The lowest BCUT2D eigenvalue weighted by Crippen LogP contribution is -2.30. The number of aromatic nitrogens is 2. The molecule has 0 atom stereocenters. The van der Waals surface area contributed by atoms with E-state index in [1.165, 1.54) is 54.6 Å². The molecule has 0 radical (unpaired) electrons. The molecule has 18 heteroatoms. The molecule has 1 aliphatic rings. The first-order valence-electron chi connectivity index (χ1n) is 25.9. The molecule has 2 aromatic heterocycles. The molecule has 418 valence electrons. The average molecular weight is 1160 g/mol. The zero-order valence-corrected chi connectivity index (χ0v) is 43.3. The van der Waals surface area contributed by atoms with E-state index in [-0.39, 0.29) is 79.3 Å². The average Bonchev–Trinajstić information content (AvgIpc) is 2.45. The Bertz CT molecular complexity index is 4570. The third kappa shape index (κ3) is 9.01. The number of para-hydroxylation sites is 3. The van der Waals surface area contributed by atoms with Gasteiger partial charge in [0, 0.05) is 32.7 Å². The van der Waals surface area contributed by atoms with Crippen LogP contribution in [-0.2, 0) is 24.7 Å². The van der Waals surface area contributed by atoms with Gasteiger partial charge in [-0.25, -0.2) is 4.90 Å². The van der Waals surface area contributed by atoms with Gasteiger partial charge in [-0.2, -0.15) is 57.9 Å². The molecule has 0 fully saturated rings. The van der Waals surface area contributed by atoms with Crippen molar-refractivity contribution in [2.45, 2.75) is 24.7 Å². The van der Waals surface area contributed by atoms with Crippen molar-refractivity contribution < 1.29 is 62.3 Å². The van der Waals surface area contributed by atoms with Crippen LogP contribution in [0.5, 0.6) is 0 Å². The van der Waals surface area contributed by atoms with E-state index in [9.17, 15) is 57.9 Å². The zero-order valence-electron chi connectivity index (χ0n) is 43.3. The van der Waals surface area contributed by atoms with Crippen molar-refractivity contribution in [3.63, 3.8) is 0 Å². The summed E-state index contributed by atoms with van der Waals surface area (Å²) in [5.74, 6) is -1.42. The molecule has 13 rings (SSSR count). The van der Waals surface area contributed by atoms with Crippen molar-refractivity contribution in [3.8, 4) is 62.0 Å². The fourth-order valence-electron chi connectivity index (χ4n) is 11.6. The summed E-state index contributed by atoms with van der Waals surface area (Å²) in [7, 11) is 0. The van der Waals surface area contributed by atoms with E-state index in [0.29, 0.717) is 79.0 Å². The Balaban J connectivity index is 1.11. The van der Waals surface area contributed by atoms with Gasteiger partial charge in [0.05, 0.1) is 84.1 Å². The standard InChI is InChI=1S/C67H34F12N4O2/c68-64(69,70)42-27-40(28-43(33-42)65(71,72)73)38-21-23-56-51(31-38)47-14-5-8-19-54(47)81(56)58-25-36(35-80)26-59(61(58)49-16-10-17-50-60(49)63(85)83(62(50)84)53-18-7-4-13-46(53)37-11-2-1-3-12-37)82-55-20-9-6-15-48(55)52-32-39(22-24-57(52)82)41-29-44(66(74,75)76)34-45(30-41)67(77,78)79/h1-34H. The van der Waals surface area contributed by atoms with Crippen LogP contribution >= 0.6 is 0 Å². The van der Waals surface area contributed by atoms with Crippen LogP contribution < -0.4 is 4.90 Å². The van der Waals surface area contributed by atoms with Gasteiger partial charge < -0.3 is 9.13 Å². The van der Waals surface area contributed by atoms with E-state index in [2.05, 4.69) is 6.07 Å². The highest BCUT2D eigenvalue weighted by Gasteiger charge is 2.42. The molecule has 3 heterocycles. The molecule has 0 aliphatic carbocycles. The molecular formula is C67H34F12N4O2. The minimum atomic E-state index is -5.15. The number of hydrogen-bond acceptors (Lipinski definition) is 3. The molecule has 0 saturated heterocycles. The highest BCUT2D eigenvalue weighted by molar-refractivity contribution is 6.37. The van der Waals surface area contributed by atoms with Gasteiger partial charge >= 0.3 is 24.7 Å². The Morgan fingerprint density at radius 1 is 0.318 bits per heavy atom. The SMILES string of the molecule is N#Cc1cc(-n2c3ccccc3c3cc(-c4cc(C(F)(F)F)cc(C(F)(F)F)c4)ccc32)c(-c2cccc3c2C(=O)N(c2ccccc2-c2ccccc2)C3=O)c(-n2c3ccccc3c3cc(-c4cc(C(F)(F)F)cc(C(F)(F)F)c4)ccc32)c1. The zero-order chi connectivity index (χ0) is 59.6. The maximum absolute atomic E-state index is 15.6. The van der Waals surface area contributed by atoms with Gasteiger partial charge in [-0.3, -0.25) is 9.59 Å². The van der Waals surface area contributed by atoms with Crippen LogP contribution in [0.4, 0.5) is 58.4 Å². The van der Waals surface area contributed by atoms with Crippen molar-refractivity contribution in [1.82, 2.24) is 9.13 Å². The van der Waals surface area contributed by atoms with E-state index in [1.807, 2.05) is 18.2 Å². The quantitative estimate of drug-likeness (QED) is 0.118. The van der Waals surface area contributed by atoms with Gasteiger partial charge in [0.25, 0.3) is 11.8 Å². The van der Waals surface area contributed by atoms with Crippen LogP contribution in [0.3, 0.4) is 0 Å². The number of hydrogen-bond donors (Lipinski definition) is 0. The molecule has 85 heavy (non-hydrogen) atoms. The summed E-state index contributed by atoms with van der Waals surface area (Å²) in [5.41, 5.74) is -3.24. The van der Waals surface area contributed by atoms with Gasteiger partial charge in [-0.1, -0.05) is 109 Å². The number of amides is 2. The molecule has 0 bridgehead atoms. The number of anilines is 1. The minimum absolute atomic E-state index is 0.0102. The number of fused-ring (bicyclic) bond motifs is 7. The molecule has 6 nitrogen and oxygen atoms in total. The number of imide groups is 1. The molecule has 1 aliphatic heterocycles. The van der Waals surface area contributed by atoms with E-state index >= 15 is 9.59 Å². The summed E-state index contributed by atoms with van der Waals surface area (Å²) in [6, 6.07) is 50.6.